The van der Waals surface area contributed by atoms with Gasteiger partial charge in [0.25, 0.3) is 0 Å². The zero-order valence-corrected chi connectivity index (χ0v) is 24.5. The number of hydrogen-bond acceptors (Lipinski definition) is 6. The Labute approximate surface area is 263 Å². The molecule has 9 rings (SSSR count). The molecule has 9 aromatic rings. The van der Waals surface area contributed by atoms with Crippen LogP contribution in [0.4, 0.5) is 0 Å². The van der Waals surface area contributed by atoms with Crippen molar-refractivity contribution in [2.45, 2.75) is 0 Å². The Morgan fingerprint density at radius 3 is 1.67 bits per heavy atom. The first-order valence-corrected chi connectivity index (χ1v) is 15.1. The SMILES string of the molecule is c1ccc(-c2nc(-c3ccccc3)nc(-c3cccc4c3oc3ccc(-c5cccc6nc(-c7ccccc7)oc56)cc34)n2)cc1. The highest BCUT2D eigenvalue weighted by Crippen LogP contribution is 2.39. The fraction of sp³-hybridized carbons (Fsp3) is 0. The first-order valence-electron chi connectivity index (χ1n) is 15.1. The highest BCUT2D eigenvalue weighted by atomic mass is 16.3. The van der Waals surface area contributed by atoms with Gasteiger partial charge in [0.1, 0.15) is 16.7 Å². The van der Waals surface area contributed by atoms with Crippen molar-refractivity contribution in [1.29, 1.82) is 0 Å². The Morgan fingerprint density at radius 1 is 0.370 bits per heavy atom. The van der Waals surface area contributed by atoms with Crippen molar-refractivity contribution in [1.82, 2.24) is 19.9 Å². The van der Waals surface area contributed by atoms with Gasteiger partial charge in [-0.05, 0) is 42.0 Å². The molecule has 0 fully saturated rings. The van der Waals surface area contributed by atoms with Crippen LogP contribution in [0.2, 0.25) is 0 Å². The molecule has 0 spiro atoms. The van der Waals surface area contributed by atoms with Gasteiger partial charge in [-0.1, -0.05) is 109 Å². The van der Waals surface area contributed by atoms with E-state index in [0.29, 0.717) is 23.4 Å². The molecular weight excluding hydrogens is 568 g/mol. The number of rotatable bonds is 5. The van der Waals surface area contributed by atoms with E-state index in [1.807, 2.05) is 121 Å². The molecule has 3 aromatic heterocycles. The molecular formula is C40H24N4O2. The highest BCUT2D eigenvalue weighted by molar-refractivity contribution is 6.10. The van der Waals surface area contributed by atoms with E-state index in [9.17, 15) is 0 Å². The number of benzene rings is 6. The number of furan rings is 1. The first-order chi connectivity index (χ1) is 22.8. The van der Waals surface area contributed by atoms with Crippen LogP contribution in [0.3, 0.4) is 0 Å². The van der Waals surface area contributed by atoms with Crippen molar-refractivity contribution >= 4 is 33.0 Å². The maximum Gasteiger partial charge on any atom is 0.227 e. The fourth-order valence-electron chi connectivity index (χ4n) is 5.95. The summed E-state index contributed by atoms with van der Waals surface area (Å²) in [5, 5.41) is 1.97. The zero-order chi connectivity index (χ0) is 30.5. The summed E-state index contributed by atoms with van der Waals surface area (Å²) in [6, 6.07) is 48.3. The molecule has 216 valence electrons. The van der Waals surface area contributed by atoms with E-state index in [4.69, 9.17) is 28.8 Å². The lowest BCUT2D eigenvalue weighted by Crippen LogP contribution is -2.00. The number of aromatic nitrogens is 4. The average Bonchev–Trinajstić information content (AvgIpc) is 3.74. The number of hydrogen-bond donors (Lipinski definition) is 0. The molecule has 3 heterocycles. The van der Waals surface area contributed by atoms with Crippen LogP contribution in [0.5, 0.6) is 0 Å². The molecule has 0 N–H and O–H groups in total. The molecule has 6 aromatic carbocycles. The van der Waals surface area contributed by atoms with Gasteiger partial charge in [-0.15, -0.1) is 0 Å². The molecule has 6 heteroatoms. The molecule has 0 aliphatic rings. The Balaban J connectivity index is 1.20. The Morgan fingerprint density at radius 2 is 0.978 bits per heavy atom. The van der Waals surface area contributed by atoms with Crippen LogP contribution < -0.4 is 0 Å². The number of para-hydroxylation sites is 2. The molecule has 0 aliphatic heterocycles. The maximum atomic E-state index is 6.53. The molecule has 6 nitrogen and oxygen atoms in total. The molecule has 0 aliphatic carbocycles. The second-order valence-electron chi connectivity index (χ2n) is 11.1. The van der Waals surface area contributed by atoms with Crippen LogP contribution in [-0.4, -0.2) is 19.9 Å². The smallest absolute Gasteiger partial charge is 0.227 e. The Bertz CT molecular complexity index is 2460. The van der Waals surface area contributed by atoms with Crippen LogP contribution in [-0.2, 0) is 0 Å². The van der Waals surface area contributed by atoms with E-state index < -0.39 is 0 Å². The third-order valence-corrected chi connectivity index (χ3v) is 8.18. The average molecular weight is 593 g/mol. The van der Waals surface area contributed by atoms with Gasteiger partial charge in [0.15, 0.2) is 23.1 Å². The minimum Gasteiger partial charge on any atom is -0.455 e. The zero-order valence-electron chi connectivity index (χ0n) is 24.5. The Hall–Kier alpha value is -6.40. The standard InChI is InChI=1S/C40H24N4O2/c1-4-12-25(13-5-1)37-42-38(26-14-6-2-7-15-26)44-39(43-37)31-20-10-19-30-32-24-28(22-23-34(32)45-35(30)31)29-18-11-21-33-36(29)46-40(41-33)27-16-8-3-9-17-27/h1-24H. The van der Waals surface area contributed by atoms with Gasteiger partial charge in [0.05, 0.1) is 5.56 Å². The molecule has 0 amide bonds. The second-order valence-corrected chi connectivity index (χ2v) is 11.1. The van der Waals surface area contributed by atoms with Crippen LogP contribution in [0.25, 0.3) is 89.8 Å². The normalized spacial score (nSPS) is 11.5. The molecule has 46 heavy (non-hydrogen) atoms. The Kier molecular flexibility index (Phi) is 6.03. The van der Waals surface area contributed by atoms with E-state index in [-0.39, 0.29) is 0 Å². The van der Waals surface area contributed by atoms with Crippen molar-refractivity contribution in [3.63, 3.8) is 0 Å². The maximum absolute atomic E-state index is 6.53. The summed E-state index contributed by atoms with van der Waals surface area (Å²) >= 11 is 0. The summed E-state index contributed by atoms with van der Waals surface area (Å²) in [6.45, 7) is 0. The molecule has 0 unspecified atom stereocenters. The van der Waals surface area contributed by atoms with E-state index in [1.165, 1.54) is 0 Å². The van der Waals surface area contributed by atoms with Gasteiger partial charge < -0.3 is 8.83 Å². The minimum absolute atomic E-state index is 0.553. The predicted octanol–water partition coefficient (Wildman–Crippen LogP) is 10.2. The third-order valence-electron chi connectivity index (χ3n) is 8.18. The van der Waals surface area contributed by atoms with Crippen LogP contribution in [0.1, 0.15) is 0 Å². The quantitative estimate of drug-likeness (QED) is 0.198. The second kappa shape index (κ2) is 10.6. The van der Waals surface area contributed by atoms with E-state index in [2.05, 4.69) is 24.3 Å². The monoisotopic (exact) mass is 592 g/mol. The lowest BCUT2D eigenvalue weighted by molar-refractivity contribution is 0.621. The van der Waals surface area contributed by atoms with Crippen molar-refractivity contribution in [2.24, 2.45) is 0 Å². The van der Waals surface area contributed by atoms with Crippen molar-refractivity contribution in [2.75, 3.05) is 0 Å². The summed E-state index contributed by atoms with van der Waals surface area (Å²) in [5.41, 5.74) is 8.63. The van der Waals surface area contributed by atoms with Crippen LogP contribution in [0.15, 0.2) is 154 Å². The van der Waals surface area contributed by atoms with Gasteiger partial charge in [-0.3, -0.25) is 0 Å². The van der Waals surface area contributed by atoms with Crippen molar-refractivity contribution in [3.8, 4) is 56.7 Å². The largest absolute Gasteiger partial charge is 0.455 e. The summed E-state index contributed by atoms with van der Waals surface area (Å²) < 4.78 is 12.9. The summed E-state index contributed by atoms with van der Waals surface area (Å²) in [4.78, 5) is 19.5. The lowest BCUT2D eigenvalue weighted by atomic mass is 10.0. The fourth-order valence-corrected chi connectivity index (χ4v) is 5.95. The number of nitrogens with zero attached hydrogens (tertiary/aromatic N) is 4. The van der Waals surface area contributed by atoms with Crippen molar-refractivity contribution in [3.05, 3.63) is 146 Å². The lowest BCUT2D eigenvalue weighted by Gasteiger charge is -2.08. The first kappa shape index (κ1) is 26.0. The van der Waals surface area contributed by atoms with Crippen LogP contribution in [0, 0.1) is 0 Å². The molecule has 0 atom stereocenters. The van der Waals surface area contributed by atoms with Crippen molar-refractivity contribution < 1.29 is 8.83 Å². The van der Waals surface area contributed by atoms with Gasteiger partial charge in [0, 0.05) is 33.0 Å². The number of oxazole rings is 1. The molecule has 0 saturated carbocycles. The number of fused-ring (bicyclic) bond motifs is 4. The topological polar surface area (TPSA) is 77.8 Å². The molecule has 0 bridgehead atoms. The summed E-state index contributed by atoms with van der Waals surface area (Å²) in [6.07, 6.45) is 0. The molecule has 0 radical (unpaired) electrons. The molecule has 0 saturated heterocycles. The van der Waals surface area contributed by atoms with Gasteiger partial charge >= 0.3 is 0 Å². The van der Waals surface area contributed by atoms with Gasteiger partial charge in [-0.2, -0.15) is 0 Å². The van der Waals surface area contributed by atoms with E-state index in [0.717, 1.165) is 66.4 Å². The third kappa shape index (κ3) is 4.43. The summed E-state index contributed by atoms with van der Waals surface area (Å²) in [7, 11) is 0. The van der Waals surface area contributed by atoms with Gasteiger partial charge in [0.2, 0.25) is 5.89 Å². The van der Waals surface area contributed by atoms with E-state index >= 15 is 0 Å². The minimum atomic E-state index is 0.553. The van der Waals surface area contributed by atoms with E-state index in [1.54, 1.807) is 0 Å². The predicted molar refractivity (Wildman–Crippen MR) is 182 cm³/mol. The van der Waals surface area contributed by atoms with Crippen LogP contribution >= 0.6 is 0 Å². The highest BCUT2D eigenvalue weighted by Gasteiger charge is 2.19. The van der Waals surface area contributed by atoms with Gasteiger partial charge in [-0.25, -0.2) is 19.9 Å². The summed E-state index contributed by atoms with van der Waals surface area (Å²) in [5.74, 6) is 2.37.